The monoisotopic (exact) mass is 433 g/mol. The zero-order valence-electron chi connectivity index (χ0n) is 16.5. The first-order valence-electron chi connectivity index (χ1n) is 9.31. The molecule has 0 aromatic heterocycles. The molecule has 0 saturated heterocycles. The number of nitrogens with two attached hydrogens (primary N) is 1. The lowest BCUT2D eigenvalue weighted by Gasteiger charge is -2.21. The summed E-state index contributed by atoms with van der Waals surface area (Å²) in [6, 6.07) is 12.4. The quantitative estimate of drug-likeness (QED) is 0.519. The lowest BCUT2D eigenvalue weighted by atomic mass is 10.0. The van der Waals surface area contributed by atoms with E-state index in [1.807, 2.05) is 0 Å². The van der Waals surface area contributed by atoms with Crippen molar-refractivity contribution in [2.24, 2.45) is 5.73 Å². The minimum atomic E-state index is -1.37. The van der Waals surface area contributed by atoms with E-state index in [4.69, 9.17) is 5.73 Å². The van der Waals surface area contributed by atoms with E-state index in [1.165, 1.54) is 25.1 Å². The van der Waals surface area contributed by atoms with Gasteiger partial charge in [0.05, 0.1) is 10.8 Å². The van der Waals surface area contributed by atoms with Crippen LogP contribution in [0.3, 0.4) is 0 Å². The fourth-order valence-electron chi connectivity index (χ4n) is 2.81. The van der Waals surface area contributed by atoms with E-state index in [9.17, 15) is 23.0 Å². The summed E-state index contributed by atoms with van der Waals surface area (Å²) < 4.78 is 26.3. The minimum absolute atomic E-state index is 0.0507. The highest BCUT2D eigenvalue weighted by atomic mass is 32.2. The third-order valence-electron chi connectivity index (χ3n) is 4.33. The molecule has 0 aliphatic rings. The predicted octanol–water partition coefficient (Wildman–Crippen LogP) is 1.04. The number of benzene rings is 2. The van der Waals surface area contributed by atoms with Gasteiger partial charge in [0.15, 0.2) is 0 Å². The Bertz CT molecular complexity index is 923. The van der Waals surface area contributed by atoms with Gasteiger partial charge < -0.3 is 16.4 Å². The van der Waals surface area contributed by atoms with Crippen molar-refractivity contribution >= 4 is 28.5 Å². The van der Waals surface area contributed by atoms with Gasteiger partial charge in [-0.1, -0.05) is 36.4 Å². The van der Waals surface area contributed by atoms with E-state index in [1.54, 1.807) is 36.4 Å². The van der Waals surface area contributed by atoms with E-state index in [2.05, 4.69) is 10.6 Å². The molecule has 0 aliphatic carbocycles. The number of amides is 3. The second-order valence-corrected chi connectivity index (χ2v) is 8.23. The van der Waals surface area contributed by atoms with E-state index < -0.39 is 46.4 Å². The zero-order valence-corrected chi connectivity index (χ0v) is 17.3. The molecule has 0 aliphatic heterocycles. The van der Waals surface area contributed by atoms with Crippen molar-refractivity contribution in [3.8, 4) is 0 Å². The van der Waals surface area contributed by atoms with Crippen molar-refractivity contribution in [3.05, 3.63) is 66.0 Å². The van der Waals surface area contributed by atoms with Crippen LogP contribution in [-0.4, -0.2) is 39.8 Å². The molecule has 2 aromatic carbocycles. The van der Waals surface area contributed by atoms with Gasteiger partial charge in [-0.05, 0) is 30.2 Å². The van der Waals surface area contributed by atoms with Crippen LogP contribution in [0.15, 0.2) is 59.5 Å². The smallest absolute Gasteiger partial charge is 0.243 e. The topological polar surface area (TPSA) is 118 Å². The molecule has 9 heteroatoms. The highest BCUT2D eigenvalue weighted by Gasteiger charge is 2.26. The Morgan fingerprint density at radius 3 is 2.23 bits per heavy atom. The Morgan fingerprint density at radius 1 is 1.00 bits per heavy atom. The molecule has 4 N–H and O–H groups in total. The SMILES string of the molecule is CC(=O)N[C@@H](Cc1ccccc1F)C(=O)N[C@@H](CC[S@](=O)c1ccccc1)C(N)=O. The maximum absolute atomic E-state index is 14.0. The standard InChI is InChI=1S/C21H24FN3O4S/c1-14(26)24-19(13-15-7-5-6-10-17(15)22)21(28)25-18(20(23)27)11-12-30(29)16-8-3-2-4-9-16/h2-10,18-19H,11-13H2,1H3,(H2,23,27)(H,24,26)(H,25,28)/t18-,19-,30-/m0/s1. The lowest BCUT2D eigenvalue weighted by molar-refractivity contribution is -0.130. The molecule has 3 amide bonds. The van der Waals surface area contributed by atoms with Gasteiger partial charge in [-0.25, -0.2) is 4.39 Å². The number of primary amides is 1. The minimum Gasteiger partial charge on any atom is -0.368 e. The first-order valence-corrected chi connectivity index (χ1v) is 10.6. The molecule has 3 atom stereocenters. The van der Waals surface area contributed by atoms with Crippen LogP contribution >= 0.6 is 0 Å². The van der Waals surface area contributed by atoms with Gasteiger partial charge in [-0.2, -0.15) is 0 Å². The van der Waals surface area contributed by atoms with Gasteiger partial charge in [0.25, 0.3) is 0 Å². The van der Waals surface area contributed by atoms with Crippen molar-refractivity contribution in [3.63, 3.8) is 0 Å². The normalized spacial score (nSPS) is 13.7. The summed E-state index contributed by atoms with van der Waals surface area (Å²) in [6.07, 6.45) is -0.0470. The first kappa shape index (κ1) is 23.2. The fraction of sp³-hybridized carbons (Fsp3) is 0.286. The van der Waals surface area contributed by atoms with Crippen molar-refractivity contribution in [2.45, 2.75) is 36.7 Å². The van der Waals surface area contributed by atoms with Crippen molar-refractivity contribution in [2.75, 3.05) is 5.75 Å². The molecule has 0 heterocycles. The maximum Gasteiger partial charge on any atom is 0.243 e. The number of carbonyl (C=O) groups excluding carboxylic acids is 3. The average Bonchev–Trinajstić information content (AvgIpc) is 2.71. The molecule has 0 bridgehead atoms. The van der Waals surface area contributed by atoms with Crippen LogP contribution < -0.4 is 16.4 Å². The van der Waals surface area contributed by atoms with Gasteiger partial charge >= 0.3 is 0 Å². The number of hydrogen-bond acceptors (Lipinski definition) is 4. The highest BCUT2D eigenvalue weighted by molar-refractivity contribution is 7.85. The predicted molar refractivity (Wildman–Crippen MR) is 111 cm³/mol. The molecule has 0 spiro atoms. The van der Waals surface area contributed by atoms with Crippen molar-refractivity contribution in [1.29, 1.82) is 0 Å². The van der Waals surface area contributed by atoms with Gasteiger partial charge in [0.2, 0.25) is 17.7 Å². The number of hydrogen-bond donors (Lipinski definition) is 3. The van der Waals surface area contributed by atoms with Gasteiger partial charge in [0.1, 0.15) is 17.9 Å². The van der Waals surface area contributed by atoms with Crippen LogP contribution in [0.4, 0.5) is 4.39 Å². The van der Waals surface area contributed by atoms with E-state index in [-0.39, 0.29) is 24.2 Å². The Kier molecular flexibility index (Phi) is 8.67. The molecule has 7 nitrogen and oxygen atoms in total. The summed E-state index contributed by atoms with van der Waals surface area (Å²) in [5, 5.41) is 4.94. The summed E-state index contributed by atoms with van der Waals surface area (Å²) >= 11 is 0. The number of carbonyl (C=O) groups is 3. The number of halogens is 1. The van der Waals surface area contributed by atoms with Gasteiger partial charge in [-0.15, -0.1) is 0 Å². The Morgan fingerprint density at radius 2 is 1.63 bits per heavy atom. The molecule has 0 radical (unpaired) electrons. The highest BCUT2D eigenvalue weighted by Crippen LogP contribution is 2.11. The average molecular weight is 434 g/mol. The summed E-state index contributed by atoms with van der Waals surface area (Å²) in [4.78, 5) is 36.6. The fourth-order valence-corrected chi connectivity index (χ4v) is 3.96. The summed E-state index contributed by atoms with van der Waals surface area (Å²) in [5.41, 5.74) is 5.63. The van der Waals surface area contributed by atoms with Crippen LogP contribution in [0.25, 0.3) is 0 Å². The summed E-state index contributed by atoms with van der Waals surface area (Å²) in [5.74, 6) is -2.35. The molecule has 0 unspecified atom stereocenters. The Hall–Kier alpha value is -3.07. The van der Waals surface area contributed by atoms with E-state index in [0.717, 1.165) is 0 Å². The molecular weight excluding hydrogens is 409 g/mol. The third kappa shape index (κ3) is 7.07. The molecule has 2 rings (SSSR count). The molecule has 30 heavy (non-hydrogen) atoms. The van der Waals surface area contributed by atoms with E-state index in [0.29, 0.717) is 4.90 Å². The van der Waals surface area contributed by atoms with Crippen molar-refractivity contribution < 1.29 is 23.0 Å². The second kappa shape index (κ2) is 11.2. The molecular formula is C21H24FN3O4S. The lowest BCUT2D eigenvalue weighted by Crippen LogP contribution is -2.53. The van der Waals surface area contributed by atoms with Crippen LogP contribution in [0.2, 0.25) is 0 Å². The Labute approximate surface area is 176 Å². The van der Waals surface area contributed by atoms with Crippen LogP contribution in [0, 0.1) is 5.82 Å². The van der Waals surface area contributed by atoms with E-state index >= 15 is 0 Å². The summed E-state index contributed by atoms with van der Waals surface area (Å²) in [7, 11) is -1.37. The molecule has 160 valence electrons. The van der Waals surface area contributed by atoms with Gasteiger partial charge in [-0.3, -0.25) is 18.6 Å². The third-order valence-corrected chi connectivity index (χ3v) is 5.74. The van der Waals surface area contributed by atoms with Crippen molar-refractivity contribution in [1.82, 2.24) is 10.6 Å². The molecule has 0 saturated carbocycles. The molecule has 0 fully saturated rings. The second-order valence-electron chi connectivity index (χ2n) is 6.66. The molecule has 2 aromatic rings. The largest absolute Gasteiger partial charge is 0.368 e. The van der Waals surface area contributed by atoms with Crippen LogP contribution in [-0.2, 0) is 31.6 Å². The number of nitrogens with one attached hydrogen (secondary N) is 2. The number of rotatable bonds is 10. The van der Waals surface area contributed by atoms with Gasteiger partial charge in [0, 0.05) is 24.0 Å². The Balaban J connectivity index is 2.06. The van der Waals surface area contributed by atoms with Crippen LogP contribution in [0.5, 0.6) is 0 Å². The zero-order chi connectivity index (χ0) is 22.1. The summed E-state index contributed by atoms with van der Waals surface area (Å²) in [6.45, 7) is 1.23. The van der Waals surface area contributed by atoms with Crippen LogP contribution in [0.1, 0.15) is 18.9 Å². The maximum atomic E-state index is 14.0. The first-order chi connectivity index (χ1) is 14.3.